The van der Waals surface area contributed by atoms with E-state index >= 15 is 0 Å². The van der Waals surface area contributed by atoms with Crippen molar-refractivity contribution in [1.29, 1.82) is 0 Å². The van der Waals surface area contributed by atoms with Gasteiger partial charge in [-0.3, -0.25) is 0 Å². The highest BCUT2D eigenvalue weighted by Crippen LogP contribution is 2.23. The van der Waals surface area contributed by atoms with E-state index in [4.69, 9.17) is 15.2 Å². The van der Waals surface area contributed by atoms with Crippen LogP contribution in [0.5, 0.6) is 5.75 Å². The minimum absolute atomic E-state index is 0.161. The first-order valence-electron chi connectivity index (χ1n) is 10.4. The van der Waals surface area contributed by atoms with Gasteiger partial charge in [0.05, 0.1) is 19.3 Å². The highest BCUT2D eigenvalue weighted by Gasteiger charge is 2.14. The Morgan fingerprint density at radius 2 is 1.72 bits per heavy atom. The summed E-state index contributed by atoms with van der Waals surface area (Å²) in [6.45, 7) is 2.31. The molecule has 0 spiro atoms. The van der Waals surface area contributed by atoms with E-state index in [1.165, 1.54) is 0 Å². The molecular weight excluding hydrogens is 406 g/mol. The van der Waals surface area contributed by atoms with Gasteiger partial charge in [-0.05, 0) is 42.3 Å². The van der Waals surface area contributed by atoms with Gasteiger partial charge in [-0.25, -0.2) is 4.98 Å². The third-order valence-electron chi connectivity index (χ3n) is 4.88. The van der Waals surface area contributed by atoms with Crippen LogP contribution >= 0.6 is 0 Å². The molecule has 0 amide bonds. The van der Waals surface area contributed by atoms with Crippen molar-refractivity contribution in [3.63, 3.8) is 0 Å². The van der Waals surface area contributed by atoms with Crippen LogP contribution in [0.25, 0.3) is 11.1 Å². The minimum atomic E-state index is -0.737. The number of nitrogens with zero attached hydrogens (tertiary/aromatic N) is 2. The number of rotatable bonds is 9. The molecule has 3 unspecified atom stereocenters. The van der Waals surface area contributed by atoms with Gasteiger partial charge in [-0.2, -0.15) is 0 Å². The van der Waals surface area contributed by atoms with Crippen molar-refractivity contribution in [2.24, 2.45) is 5.73 Å². The molecule has 0 radical (unpaired) electrons. The molecule has 168 valence electrons. The Morgan fingerprint density at radius 3 is 2.31 bits per heavy atom. The van der Waals surface area contributed by atoms with E-state index in [0.717, 1.165) is 22.4 Å². The number of ether oxygens (including phenoxy) is 2. The summed E-state index contributed by atoms with van der Waals surface area (Å²) < 4.78 is 12.4. The molecule has 0 aliphatic carbocycles. The molecule has 0 aliphatic heterocycles. The highest BCUT2D eigenvalue weighted by molar-refractivity contribution is 5.65. The lowest BCUT2D eigenvalue weighted by Crippen LogP contribution is -2.32. The molecule has 3 rings (SSSR count). The summed E-state index contributed by atoms with van der Waals surface area (Å²) in [6.07, 6.45) is 2.56. The zero-order chi connectivity index (χ0) is 22.9. The van der Waals surface area contributed by atoms with Crippen molar-refractivity contribution in [2.75, 3.05) is 26.9 Å². The third-order valence-corrected chi connectivity index (χ3v) is 4.88. The van der Waals surface area contributed by atoms with Crippen molar-refractivity contribution in [2.45, 2.75) is 25.1 Å². The molecule has 4 N–H and O–H groups in total. The maximum atomic E-state index is 9.82. The summed E-state index contributed by atoms with van der Waals surface area (Å²) in [5.74, 6) is 7.38. The number of hydrogen-bond acceptors (Lipinski definition) is 6. The molecular formula is C25H29N3O4. The Bertz CT molecular complexity index is 1030. The maximum absolute atomic E-state index is 9.82. The first-order valence-corrected chi connectivity index (χ1v) is 10.4. The molecule has 0 aliphatic rings. The van der Waals surface area contributed by atoms with Crippen LogP contribution < -0.4 is 10.5 Å². The van der Waals surface area contributed by atoms with Gasteiger partial charge in [0, 0.05) is 25.1 Å². The normalized spacial score (nSPS) is 13.7. The summed E-state index contributed by atoms with van der Waals surface area (Å²) >= 11 is 0. The van der Waals surface area contributed by atoms with E-state index in [2.05, 4.69) is 16.8 Å². The first kappa shape index (κ1) is 23.5. The predicted molar refractivity (Wildman–Crippen MR) is 123 cm³/mol. The molecule has 1 heterocycles. The van der Waals surface area contributed by atoms with Crippen LogP contribution in [0.1, 0.15) is 30.5 Å². The molecule has 3 aromatic rings. The summed E-state index contributed by atoms with van der Waals surface area (Å²) in [5, 5.41) is 19.6. The number of aromatic nitrogens is 2. The Morgan fingerprint density at radius 1 is 1.06 bits per heavy atom. The van der Waals surface area contributed by atoms with Crippen molar-refractivity contribution in [3.05, 3.63) is 72.3 Å². The van der Waals surface area contributed by atoms with E-state index in [1.807, 2.05) is 48.5 Å². The minimum Gasteiger partial charge on any atom is -0.492 e. The molecule has 0 bridgehead atoms. The second kappa shape index (κ2) is 11.5. The van der Waals surface area contributed by atoms with Crippen molar-refractivity contribution in [1.82, 2.24) is 9.55 Å². The van der Waals surface area contributed by atoms with E-state index in [-0.39, 0.29) is 12.6 Å². The van der Waals surface area contributed by atoms with Crippen LogP contribution in [0.3, 0.4) is 0 Å². The second-order valence-electron chi connectivity index (χ2n) is 7.46. The van der Waals surface area contributed by atoms with Crippen LogP contribution in [-0.4, -0.2) is 52.7 Å². The molecule has 1 aromatic heterocycles. The van der Waals surface area contributed by atoms with Gasteiger partial charge in [-0.1, -0.05) is 36.1 Å². The van der Waals surface area contributed by atoms with Gasteiger partial charge < -0.3 is 30.0 Å². The Kier molecular flexibility index (Phi) is 8.42. The summed E-state index contributed by atoms with van der Waals surface area (Å²) in [6, 6.07) is 15.1. The van der Waals surface area contributed by atoms with E-state index in [0.29, 0.717) is 19.0 Å². The van der Waals surface area contributed by atoms with Gasteiger partial charge in [0.1, 0.15) is 30.3 Å². The largest absolute Gasteiger partial charge is 0.492 e. The van der Waals surface area contributed by atoms with E-state index in [9.17, 15) is 10.2 Å². The molecule has 7 nitrogen and oxygen atoms in total. The summed E-state index contributed by atoms with van der Waals surface area (Å²) in [4.78, 5) is 4.13. The molecule has 2 aromatic carbocycles. The fourth-order valence-corrected chi connectivity index (χ4v) is 3.24. The number of imidazole rings is 1. The monoisotopic (exact) mass is 435 g/mol. The van der Waals surface area contributed by atoms with Gasteiger partial charge >= 0.3 is 0 Å². The average molecular weight is 436 g/mol. The number of hydrogen-bond donors (Lipinski definition) is 3. The quantitative estimate of drug-likeness (QED) is 0.447. The topological polar surface area (TPSA) is 103 Å². The van der Waals surface area contributed by atoms with Crippen LogP contribution in [0.2, 0.25) is 0 Å². The van der Waals surface area contributed by atoms with Gasteiger partial charge in [0.2, 0.25) is 0 Å². The highest BCUT2D eigenvalue weighted by atomic mass is 16.5. The second-order valence-corrected chi connectivity index (χ2v) is 7.46. The molecule has 7 heteroatoms. The summed E-state index contributed by atoms with van der Waals surface area (Å²) in [5.41, 5.74) is 8.83. The fourth-order valence-electron chi connectivity index (χ4n) is 3.24. The third kappa shape index (κ3) is 6.19. The number of benzene rings is 2. The first-order chi connectivity index (χ1) is 15.5. The van der Waals surface area contributed by atoms with Crippen molar-refractivity contribution >= 4 is 0 Å². The Hall–Kier alpha value is -3.15. The fraction of sp³-hybridized carbons (Fsp3) is 0.320. The van der Waals surface area contributed by atoms with Crippen molar-refractivity contribution < 1.29 is 19.7 Å². The smallest absolute Gasteiger partial charge is 0.138 e. The van der Waals surface area contributed by atoms with Crippen LogP contribution in [0.15, 0.2) is 60.9 Å². The lowest BCUT2D eigenvalue weighted by Gasteiger charge is -2.14. The number of aliphatic hydroxyl groups is 2. The molecule has 0 saturated carbocycles. The molecule has 32 heavy (non-hydrogen) atoms. The lowest BCUT2D eigenvalue weighted by atomic mass is 10.0. The SMILES string of the molecule is COCC(N)COc1ccc(-c2ccc(C#CC(CO)n3ccnc3C(C)O)cc2)cc1. The van der Waals surface area contributed by atoms with Gasteiger partial charge in [-0.15, -0.1) is 0 Å². The molecule has 0 saturated heterocycles. The Balaban J connectivity index is 1.66. The van der Waals surface area contributed by atoms with E-state index in [1.54, 1.807) is 31.0 Å². The van der Waals surface area contributed by atoms with Gasteiger partial charge in [0.25, 0.3) is 0 Å². The number of aliphatic hydroxyl groups excluding tert-OH is 2. The van der Waals surface area contributed by atoms with E-state index < -0.39 is 12.1 Å². The lowest BCUT2D eigenvalue weighted by molar-refractivity contribution is 0.152. The van der Waals surface area contributed by atoms with Crippen LogP contribution in [0.4, 0.5) is 0 Å². The zero-order valence-corrected chi connectivity index (χ0v) is 18.3. The molecule has 0 fully saturated rings. The van der Waals surface area contributed by atoms with Crippen LogP contribution in [0, 0.1) is 11.8 Å². The maximum Gasteiger partial charge on any atom is 0.138 e. The predicted octanol–water partition coefficient (Wildman–Crippen LogP) is 2.54. The number of nitrogens with two attached hydrogens (primary N) is 1. The standard InChI is InChI=1S/C25H29N3O4/c1-18(30)25-27-13-14-28(25)23(15-29)10-5-19-3-6-20(7-4-19)21-8-11-24(12-9-21)32-17-22(26)16-31-2/h3-4,6-9,11-14,18,22-23,29-30H,15-17,26H2,1-2H3. The molecule has 3 atom stereocenters. The van der Waals surface area contributed by atoms with Crippen molar-refractivity contribution in [3.8, 4) is 28.7 Å². The Labute approximate surface area is 188 Å². The summed E-state index contributed by atoms with van der Waals surface area (Å²) in [7, 11) is 1.61. The zero-order valence-electron chi connectivity index (χ0n) is 18.3. The van der Waals surface area contributed by atoms with Crippen LogP contribution in [-0.2, 0) is 4.74 Å². The number of methoxy groups -OCH3 is 1. The average Bonchev–Trinajstić information content (AvgIpc) is 3.29. The van der Waals surface area contributed by atoms with Gasteiger partial charge in [0.15, 0.2) is 0 Å².